The first-order valence-electron chi connectivity index (χ1n) is 6.10. The minimum absolute atomic E-state index is 0.114. The maximum atomic E-state index is 11.0. The van der Waals surface area contributed by atoms with Gasteiger partial charge in [0.15, 0.2) is 0 Å². The molecular weight excluding hydrogens is 260 g/mol. The van der Waals surface area contributed by atoms with Crippen molar-refractivity contribution in [3.8, 4) is 0 Å². The van der Waals surface area contributed by atoms with Gasteiger partial charge >= 0.3 is 5.97 Å². The standard InChI is InChI=1S/C13H16N4O3/c1-16-11-5-3-2-4-9(11)10(15-16)6-17(7-12(14)18)8-13(19)20/h2-5H,6-8H2,1H3,(H2,14,18)(H,19,20). The topological polar surface area (TPSA) is 101 Å². The highest BCUT2D eigenvalue weighted by atomic mass is 16.4. The molecule has 2 aromatic rings. The molecule has 1 amide bonds. The van der Waals surface area contributed by atoms with Gasteiger partial charge < -0.3 is 10.8 Å². The molecule has 0 saturated heterocycles. The van der Waals surface area contributed by atoms with Crippen molar-refractivity contribution in [1.82, 2.24) is 14.7 Å². The predicted octanol–water partition coefficient (Wildman–Crippen LogP) is -0.0548. The Balaban J connectivity index is 2.28. The van der Waals surface area contributed by atoms with Crippen LogP contribution in [0.5, 0.6) is 0 Å². The second-order valence-corrected chi connectivity index (χ2v) is 4.59. The van der Waals surface area contributed by atoms with E-state index in [0.717, 1.165) is 16.6 Å². The molecule has 0 fully saturated rings. The van der Waals surface area contributed by atoms with Crippen LogP contribution in [-0.4, -0.2) is 44.8 Å². The lowest BCUT2D eigenvalue weighted by molar-refractivity contribution is -0.138. The number of amides is 1. The number of nitrogens with two attached hydrogens (primary N) is 1. The Hall–Kier alpha value is -2.41. The average molecular weight is 276 g/mol. The van der Waals surface area contributed by atoms with E-state index in [2.05, 4.69) is 5.10 Å². The Kier molecular flexibility index (Phi) is 3.99. The maximum absolute atomic E-state index is 11.0. The summed E-state index contributed by atoms with van der Waals surface area (Å²) < 4.78 is 1.73. The van der Waals surface area contributed by atoms with Gasteiger partial charge in [0.05, 0.1) is 24.3 Å². The molecule has 2 rings (SSSR count). The molecule has 0 aliphatic carbocycles. The number of aliphatic carboxylic acids is 1. The van der Waals surface area contributed by atoms with Gasteiger partial charge in [-0.05, 0) is 6.07 Å². The molecule has 0 atom stereocenters. The molecule has 0 unspecified atom stereocenters. The number of benzene rings is 1. The summed E-state index contributed by atoms with van der Waals surface area (Å²) in [6, 6.07) is 7.65. The number of primary amides is 1. The van der Waals surface area contributed by atoms with Crippen LogP contribution in [0.2, 0.25) is 0 Å². The van der Waals surface area contributed by atoms with Gasteiger partial charge in [-0.25, -0.2) is 0 Å². The SMILES string of the molecule is Cn1nc(CN(CC(N)=O)CC(=O)O)c2ccccc21. The Labute approximate surface area is 115 Å². The molecule has 0 spiro atoms. The molecule has 7 nitrogen and oxygen atoms in total. The molecule has 0 radical (unpaired) electrons. The molecular formula is C13H16N4O3. The fourth-order valence-electron chi connectivity index (χ4n) is 2.20. The number of hydrogen-bond acceptors (Lipinski definition) is 4. The number of carboxylic acid groups (broad SMARTS) is 1. The van der Waals surface area contributed by atoms with Crippen LogP contribution in [-0.2, 0) is 23.2 Å². The summed E-state index contributed by atoms with van der Waals surface area (Å²) in [7, 11) is 1.82. The first-order chi connectivity index (χ1) is 9.47. The van der Waals surface area contributed by atoms with Gasteiger partial charge in [-0.2, -0.15) is 5.10 Å². The summed E-state index contributed by atoms with van der Waals surface area (Å²) in [6.45, 7) is -0.109. The highest BCUT2D eigenvalue weighted by molar-refractivity contribution is 5.82. The number of nitrogens with zero attached hydrogens (tertiary/aromatic N) is 3. The highest BCUT2D eigenvalue weighted by Crippen LogP contribution is 2.18. The van der Waals surface area contributed by atoms with E-state index in [1.165, 1.54) is 4.90 Å². The van der Waals surface area contributed by atoms with Gasteiger partial charge in [-0.15, -0.1) is 0 Å². The number of aromatic nitrogens is 2. The molecule has 20 heavy (non-hydrogen) atoms. The van der Waals surface area contributed by atoms with Crippen LogP contribution < -0.4 is 5.73 Å². The quantitative estimate of drug-likeness (QED) is 0.770. The second kappa shape index (κ2) is 5.70. The second-order valence-electron chi connectivity index (χ2n) is 4.59. The zero-order chi connectivity index (χ0) is 14.7. The van der Waals surface area contributed by atoms with Crippen LogP contribution >= 0.6 is 0 Å². The normalized spacial score (nSPS) is 11.1. The minimum atomic E-state index is -1.01. The average Bonchev–Trinajstić information content (AvgIpc) is 2.65. The fourth-order valence-corrected chi connectivity index (χ4v) is 2.20. The van der Waals surface area contributed by atoms with Gasteiger partial charge in [0.25, 0.3) is 0 Å². The van der Waals surface area contributed by atoms with Crippen LogP contribution in [0.3, 0.4) is 0 Å². The lowest BCUT2D eigenvalue weighted by Gasteiger charge is -2.17. The van der Waals surface area contributed by atoms with Gasteiger partial charge in [0.1, 0.15) is 0 Å². The van der Waals surface area contributed by atoms with Crippen LogP contribution in [0.15, 0.2) is 24.3 Å². The summed E-state index contributed by atoms with van der Waals surface area (Å²) in [5.41, 5.74) is 6.82. The van der Waals surface area contributed by atoms with Crippen molar-refractivity contribution in [1.29, 1.82) is 0 Å². The van der Waals surface area contributed by atoms with E-state index in [9.17, 15) is 9.59 Å². The number of aryl methyl sites for hydroxylation is 1. The van der Waals surface area contributed by atoms with Crippen molar-refractivity contribution in [3.63, 3.8) is 0 Å². The number of para-hydroxylation sites is 1. The molecule has 7 heteroatoms. The predicted molar refractivity (Wildman–Crippen MR) is 72.8 cm³/mol. The first-order valence-corrected chi connectivity index (χ1v) is 6.10. The van der Waals surface area contributed by atoms with Crippen LogP contribution in [0, 0.1) is 0 Å². The highest BCUT2D eigenvalue weighted by Gasteiger charge is 2.16. The molecule has 106 valence electrons. The van der Waals surface area contributed by atoms with Crippen LogP contribution in [0.25, 0.3) is 10.9 Å². The minimum Gasteiger partial charge on any atom is -0.480 e. The molecule has 1 heterocycles. The van der Waals surface area contributed by atoms with Crippen molar-refractivity contribution in [2.24, 2.45) is 12.8 Å². The largest absolute Gasteiger partial charge is 0.480 e. The van der Waals surface area contributed by atoms with Crippen molar-refractivity contribution >= 4 is 22.8 Å². The van der Waals surface area contributed by atoms with Crippen molar-refractivity contribution in [2.75, 3.05) is 13.1 Å². The van der Waals surface area contributed by atoms with Gasteiger partial charge in [-0.1, -0.05) is 18.2 Å². The summed E-state index contributed by atoms with van der Waals surface area (Å²) in [4.78, 5) is 23.3. The van der Waals surface area contributed by atoms with E-state index in [1.54, 1.807) is 4.68 Å². The fraction of sp³-hybridized carbons (Fsp3) is 0.308. The third kappa shape index (κ3) is 3.12. The molecule has 0 aliphatic heterocycles. The van der Waals surface area contributed by atoms with Crippen molar-refractivity contribution < 1.29 is 14.7 Å². The van der Waals surface area contributed by atoms with Crippen molar-refractivity contribution in [3.05, 3.63) is 30.0 Å². The van der Waals surface area contributed by atoms with E-state index in [1.807, 2.05) is 31.3 Å². The number of fused-ring (bicyclic) bond motifs is 1. The number of hydrogen-bond donors (Lipinski definition) is 2. The van der Waals surface area contributed by atoms with E-state index in [0.29, 0.717) is 0 Å². The third-order valence-electron chi connectivity index (χ3n) is 2.95. The molecule has 3 N–H and O–H groups in total. The van der Waals surface area contributed by atoms with E-state index in [-0.39, 0.29) is 19.6 Å². The van der Waals surface area contributed by atoms with E-state index >= 15 is 0 Å². The first kappa shape index (κ1) is 14.0. The summed E-state index contributed by atoms with van der Waals surface area (Å²) in [6.07, 6.45) is 0. The Morgan fingerprint density at radius 1 is 1.35 bits per heavy atom. The third-order valence-corrected chi connectivity index (χ3v) is 2.95. The lowest BCUT2D eigenvalue weighted by Crippen LogP contribution is -2.37. The Bertz CT molecular complexity index is 634. The number of carboxylic acids is 1. The summed E-state index contributed by atoms with van der Waals surface area (Å²) >= 11 is 0. The molecule has 1 aromatic heterocycles. The lowest BCUT2D eigenvalue weighted by atomic mass is 10.2. The van der Waals surface area contributed by atoms with E-state index in [4.69, 9.17) is 10.8 Å². The van der Waals surface area contributed by atoms with E-state index < -0.39 is 11.9 Å². The molecule has 0 aliphatic rings. The van der Waals surface area contributed by atoms with Gasteiger partial charge in [0.2, 0.25) is 5.91 Å². The monoisotopic (exact) mass is 276 g/mol. The maximum Gasteiger partial charge on any atom is 0.317 e. The zero-order valence-electron chi connectivity index (χ0n) is 11.1. The smallest absolute Gasteiger partial charge is 0.317 e. The van der Waals surface area contributed by atoms with Crippen LogP contribution in [0.4, 0.5) is 0 Å². The number of carbonyl (C=O) groups excluding carboxylic acids is 1. The molecule has 0 saturated carbocycles. The molecule has 1 aromatic carbocycles. The molecule has 0 bridgehead atoms. The zero-order valence-corrected chi connectivity index (χ0v) is 11.1. The summed E-state index contributed by atoms with van der Waals surface area (Å²) in [5.74, 6) is -1.57. The Morgan fingerprint density at radius 3 is 2.70 bits per heavy atom. The van der Waals surface area contributed by atoms with Gasteiger partial charge in [0, 0.05) is 19.0 Å². The Morgan fingerprint density at radius 2 is 2.05 bits per heavy atom. The summed E-state index contributed by atoms with van der Waals surface area (Å²) in [5, 5.41) is 14.2. The van der Waals surface area contributed by atoms with Crippen molar-refractivity contribution in [2.45, 2.75) is 6.54 Å². The number of rotatable bonds is 6. The van der Waals surface area contributed by atoms with Gasteiger partial charge in [-0.3, -0.25) is 19.2 Å². The number of carbonyl (C=O) groups is 2. The van der Waals surface area contributed by atoms with Crippen LogP contribution in [0.1, 0.15) is 5.69 Å².